The van der Waals surface area contributed by atoms with E-state index in [1.807, 2.05) is 0 Å². The van der Waals surface area contributed by atoms with Gasteiger partial charge in [0.25, 0.3) is 0 Å². The lowest BCUT2D eigenvalue weighted by atomic mass is 10.2. The van der Waals surface area contributed by atoms with Crippen LogP contribution in [0.1, 0.15) is 49.5 Å². The van der Waals surface area contributed by atoms with Gasteiger partial charge in [-0.15, -0.1) is 0 Å². The van der Waals surface area contributed by atoms with Gasteiger partial charge in [0.1, 0.15) is 0 Å². The number of unbranched alkanes of at least 4 members (excludes halogenated alkanes) is 4. The molecule has 7 nitrogen and oxygen atoms in total. The average Bonchev–Trinajstić information content (AvgIpc) is 2.58. The molecule has 0 amide bonds. The third-order valence-corrected chi connectivity index (χ3v) is 2.87. The Bertz CT molecular complexity index is 466. The number of pyridine rings is 1. The predicted octanol–water partition coefficient (Wildman–Crippen LogP) is 2.25. The molecule has 1 aromatic heterocycles. The lowest BCUT2D eigenvalue weighted by Gasteiger charge is -2.02. The molecule has 0 fully saturated rings. The van der Waals surface area contributed by atoms with Crippen LogP contribution in [0.2, 0.25) is 0 Å². The van der Waals surface area contributed by atoms with Crippen molar-refractivity contribution in [3.63, 3.8) is 0 Å². The molecule has 0 bridgehead atoms. The van der Waals surface area contributed by atoms with Crippen molar-refractivity contribution in [2.45, 2.75) is 39.0 Å². The fourth-order valence-electron chi connectivity index (χ4n) is 1.67. The van der Waals surface area contributed by atoms with Gasteiger partial charge < -0.3 is 20.3 Å². The molecule has 0 saturated carbocycles. The Morgan fingerprint density at radius 2 is 1.96 bits per heavy atom. The lowest BCUT2D eigenvalue weighted by molar-refractivity contribution is -0.142. The van der Waals surface area contributed by atoms with Crippen LogP contribution < -0.4 is 10.5 Å². The number of nitrogens with two attached hydrogens (primary N) is 1. The summed E-state index contributed by atoms with van der Waals surface area (Å²) in [6, 6.07) is 3.17. The molecule has 23 heavy (non-hydrogen) atoms. The first kappa shape index (κ1) is 20.9. The van der Waals surface area contributed by atoms with Gasteiger partial charge in [-0.1, -0.05) is 32.6 Å². The van der Waals surface area contributed by atoms with E-state index in [9.17, 15) is 9.59 Å². The maximum absolute atomic E-state index is 10.6. The number of nitrogens with zero attached hydrogens (tertiary/aromatic N) is 1. The van der Waals surface area contributed by atoms with Crippen LogP contribution in [0.15, 0.2) is 18.3 Å². The van der Waals surface area contributed by atoms with E-state index in [4.69, 9.17) is 20.3 Å². The van der Waals surface area contributed by atoms with Crippen molar-refractivity contribution in [2.24, 2.45) is 5.73 Å². The molecule has 0 saturated heterocycles. The SMILES string of the molecule is CCCCCCCOC(=O)CN.COc1cccnc1C(=O)O. The van der Waals surface area contributed by atoms with Gasteiger partial charge in [0.05, 0.1) is 20.3 Å². The van der Waals surface area contributed by atoms with E-state index < -0.39 is 5.97 Å². The number of aromatic nitrogens is 1. The number of hydrogen-bond acceptors (Lipinski definition) is 6. The largest absolute Gasteiger partial charge is 0.494 e. The topological polar surface area (TPSA) is 112 Å². The minimum atomic E-state index is -1.08. The number of carbonyl (C=O) groups is 2. The molecule has 7 heteroatoms. The molecule has 0 aliphatic rings. The zero-order chi connectivity index (χ0) is 17.5. The molecule has 0 aromatic carbocycles. The Morgan fingerprint density at radius 3 is 2.48 bits per heavy atom. The molecule has 0 atom stereocenters. The highest BCUT2D eigenvalue weighted by Crippen LogP contribution is 2.13. The van der Waals surface area contributed by atoms with Gasteiger partial charge in [-0.2, -0.15) is 0 Å². The lowest BCUT2D eigenvalue weighted by Crippen LogP contribution is -2.17. The van der Waals surface area contributed by atoms with Crippen LogP contribution in [0.4, 0.5) is 0 Å². The second-order valence-electron chi connectivity index (χ2n) is 4.70. The van der Waals surface area contributed by atoms with Crippen LogP contribution in [-0.4, -0.2) is 42.3 Å². The number of carboxylic acids is 1. The second kappa shape index (κ2) is 13.5. The van der Waals surface area contributed by atoms with Crippen LogP contribution in [0, 0.1) is 0 Å². The number of hydrogen-bond donors (Lipinski definition) is 2. The summed E-state index contributed by atoms with van der Waals surface area (Å²) in [7, 11) is 1.41. The zero-order valence-electron chi connectivity index (χ0n) is 13.8. The monoisotopic (exact) mass is 326 g/mol. The van der Waals surface area contributed by atoms with E-state index in [1.165, 1.54) is 32.6 Å². The second-order valence-corrected chi connectivity index (χ2v) is 4.70. The highest BCUT2D eigenvalue weighted by molar-refractivity contribution is 5.88. The number of carbonyl (C=O) groups excluding carboxylic acids is 1. The molecule has 1 rings (SSSR count). The van der Waals surface area contributed by atoms with Crippen LogP contribution >= 0.6 is 0 Å². The summed E-state index contributed by atoms with van der Waals surface area (Å²) in [5.41, 5.74) is 5.00. The van der Waals surface area contributed by atoms with E-state index in [0.717, 1.165) is 12.8 Å². The number of esters is 1. The smallest absolute Gasteiger partial charge is 0.358 e. The molecular weight excluding hydrogens is 300 g/mol. The number of carboxylic acid groups (broad SMARTS) is 1. The van der Waals surface area contributed by atoms with Crippen LogP contribution in [0.3, 0.4) is 0 Å². The van der Waals surface area contributed by atoms with E-state index in [1.54, 1.807) is 12.1 Å². The van der Waals surface area contributed by atoms with E-state index in [2.05, 4.69) is 11.9 Å². The van der Waals surface area contributed by atoms with E-state index >= 15 is 0 Å². The Kier molecular flexibility index (Phi) is 12.2. The maximum atomic E-state index is 10.6. The van der Waals surface area contributed by atoms with Crippen molar-refractivity contribution in [1.82, 2.24) is 4.98 Å². The third kappa shape index (κ3) is 10.2. The quantitative estimate of drug-likeness (QED) is 0.528. The molecule has 0 spiro atoms. The van der Waals surface area contributed by atoms with Crippen molar-refractivity contribution in [2.75, 3.05) is 20.3 Å². The standard InChI is InChI=1S/C9H19NO2.C7H7NO3/c1-2-3-4-5-6-7-12-9(11)8-10;1-11-5-3-2-4-8-6(5)7(9)10/h2-8,10H2,1H3;2-4H,1H3,(H,9,10). The summed E-state index contributed by atoms with van der Waals surface area (Å²) in [6.07, 6.45) is 7.26. The van der Waals surface area contributed by atoms with Gasteiger partial charge in [0.2, 0.25) is 0 Å². The van der Waals surface area contributed by atoms with Crippen LogP contribution in [-0.2, 0) is 9.53 Å². The van der Waals surface area contributed by atoms with Gasteiger partial charge in [0, 0.05) is 6.20 Å². The van der Waals surface area contributed by atoms with Gasteiger partial charge in [-0.05, 0) is 18.6 Å². The minimum Gasteiger partial charge on any atom is -0.494 e. The molecule has 0 unspecified atom stereocenters. The summed E-state index contributed by atoms with van der Waals surface area (Å²) in [5.74, 6) is -1.10. The van der Waals surface area contributed by atoms with E-state index in [0.29, 0.717) is 6.61 Å². The Hall–Kier alpha value is -2.15. The predicted molar refractivity (Wildman–Crippen MR) is 86.5 cm³/mol. The van der Waals surface area contributed by atoms with Crippen molar-refractivity contribution >= 4 is 11.9 Å². The number of ether oxygens (including phenoxy) is 2. The summed E-state index contributed by atoms with van der Waals surface area (Å²) in [4.78, 5) is 24.6. The van der Waals surface area contributed by atoms with Gasteiger partial charge >= 0.3 is 11.9 Å². The molecule has 0 radical (unpaired) electrons. The zero-order valence-corrected chi connectivity index (χ0v) is 13.8. The highest BCUT2D eigenvalue weighted by Gasteiger charge is 2.09. The summed E-state index contributed by atoms with van der Waals surface area (Å²) in [6.45, 7) is 2.70. The summed E-state index contributed by atoms with van der Waals surface area (Å²) < 4.78 is 9.57. The van der Waals surface area contributed by atoms with Gasteiger partial charge in [-0.3, -0.25) is 4.79 Å². The Labute approximate surface area is 136 Å². The first-order chi connectivity index (χ1) is 11.1. The minimum absolute atomic E-state index is 0.00500. The highest BCUT2D eigenvalue weighted by atomic mass is 16.5. The van der Waals surface area contributed by atoms with Crippen molar-refractivity contribution in [1.29, 1.82) is 0 Å². The Balaban J connectivity index is 0.000000422. The molecular formula is C16H26N2O5. The molecule has 1 aromatic rings. The first-order valence-electron chi connectivity index (χ1n) is 7.64. The van der Waals surface area contributed by atoms with Gasteiger partial charge in [-0.25, -0.2) is 9.78 Å². The summed E-state index contributed by atoms with van der Waals surface area (Å²) in [5, 5.41) is 8.55. The normalized spacial score (nSPS) is 9.52. The number of aromatic carboxylic acids is 1. The van der Waals surface area contributed by atoms with Crippen LogP contribution in [0.5, 0.6) is 5.75 Å². The van der Waals surface area contributed by atoms with Crippen molar-refractivity contribution in [3.05, 3.63) is 24.0 Å². The maximum Gasteiger partial charge on any atom is 0.358 e. The fraction of sp³-hybridized carbons (Fsp3) is 0.562. The molecule has 0 aliphatic carbocycles. The average molecular weight is 326 g/mol. The van der Waals surface area contributed by atoms with E-state index in [-0.39, 0.29) is 24.0 Å². The summed E-state index contributed by atoms with van der Waals surface area (Å²) >= 11 is 0. The van der Waals surface area contributed by atoms with Crippen LogP contribution in [0.25, 0.3) is 0 Å². The molecule has 1 heterocycles. The third-order valence-electron chi connectivity index (χ3n) is 2.87. The fourth-order valence-corrected chi connectivity index (χ4v) is 1.67. The Morgan fingerprint density at radius 1 is 1.26 bits per heavy atom. The van der Waals surface area contributed by atoms with Gasteiger partial charge in [0.15, 0.2) is 11.4 Å². The van der Waals surface area contributed by atoms with Crippen molar-refractivity contribution in [3.8, 4) is 5.75 Å². The number of rotatable bonds is 9. The number of methoxy groups -OCH3 is 1. The molecule has 130 valence electrons. The first-order valence-corrected chi connectivity index (χ1v) is 7.64. The molecule has 3 N–H and O–H groups in total. The molecule has 0 aliphatic heterocycles. The van der Waals surface area contributed by atoms with Crippen molar-refractivity contribution < 1.29 is 24.2 Å².